The minimum absolute atomic E-state index is 0.00704. The Kier molecular flexibility index (Phi) is 6.01. The van der Waals surface area contributed by atoms with Gasteiger partial charge in [0.15, 0.2) is 5.69 Å². The highest BCUT2D eigenvalue weighted by molar-refractivity contribution is 6.76. The Balaban J connectivity index is 2.29. The van der Waals surface area contributed by atoms with E-state index in [-0.39, 0.29) is 12.6 Å². The predicted molar refractivity (Wildman–Crippen MR) is 96.5 cm³/mol. The summed E-state index contributed by atoms with van der Waals surface area (Å²) in [6.45, 7) is 9.03. The Labute approximate surface area is 151 Å². The van der Waals surface area contributed by atoms with E-state index in [0.717, 1.165) is 17.8 Å². The second kappa shape index (κ2) is 7.51. The zero-order valence-corrected chi connectivity index (χ0v) is 16.5. The summed E-state index contributed by atoms with van der Waals surface area (Å²) in [5.74, 6) is 0.158. The summed E-state index contributed by atoms with van der Waals surface area (Å²) in [6, 6.07) is 6.11. The van der Waals surface area contributed by atoms with Gasteiger partial charge in [0.25, 0.3) is 0 Å². The van der Waals surface area contributed by atoms with Gasteiger partial charge in [0, 0.05) is 26.4 Å². The number of halogens is 4. The lowest BCUT2D eigenvalue weighted by molar-refractivity contribution is -0.141. The van der Waals surface area contributed by atoms with Gasteiger partial charge in [0.05, 0.1) is 5.02 Å². The molecule has 0 aliphatic heterocycles. The van der Waals surface area contributed by atoms with Gasteiger partial charge in [-0.15, -0.1) is 0 Å². The van der Waals surface area contributed by atoms with Crippen LogP contribution in [0.25, 0.3) is 11.4 Å². The Morgan fingerprint density at radius 2 is 1.92 bits per heavy atom. The van der Waals surface area contributed by atoms with Gasteiger partial charge >= 0.3 is 6.18 Å². The van der Waals surface area contributed by atoms with Crippen LogP contribution in [0.2, 0.25) is 30.7 Å². The molecule has 0 unspecified atom stereocenters. The highest BCUT2D eigenvalue weighted by Crippen LogP contribution is 2.33. The molecule has 138 valence electrons. The summed E-state index contributed by atoms with van der Waals surface area (Å²) >= 11 is 6.21. The molecule has 0 saturated carbocycles. The molecule has 1 aromatic carbocycles. The number of nitrogens with zero attached hydrogens (tertiary/aromatic N) is 2. The zero-order chi connectivity index (χ0) is 18.8. The molecule has 1 aromatic heterocycles. The molecule has 25 heavy (non-hydrogen) atoms. The molecular formula is C17H22ClF3N2OSi. The summed E-state index contributed by atoms with van der Waals surface area (Å²) < 4.78 is 46.1. The van der Waals surface area contributed by atoms with Crippen molar-refractivity contribution in [2.75, 3.05) is 6.61 Å². The van der Waals surface area contributed by atoms with E-state index < -0.39 is 19.9 Å². The summed E-state index contributed by atoms with van der Waals surface area (Å²) in [6.07, 6.45) is -3.55. The third kappa shape index (κ3) is 5.59. The number of hydrogen-bond donors (Lipinski definition) is 0. The average molecular weight is 391 g/mol. The molecule has 0 radical (unpaired) electrons. The van der Waals surface area contributed by atoms with E-state index in [2.05, 4.69) is 24.6 Å². The largest absolute Gasteiger partial charge is 0.434 e. The van der Waals surface area contributed by atoms with E-state index in [0.29, 0.717) is 17.2 Å². The molecule has 2 rings (SSSR count). The number of ether oxygens (including phenoxy) is 1. The number of alkyl halides is 3. The lowest BCUT2D eigenvalue weighted by Gasteiger charge is -2.16. The highest BCUT2D eigenvalue weighted by atomic mass is 35.5. The molecule has 0 N–H and O–H groups in total. The van der Waals surface area contributed by atoms with E-state index in [1.54, 1.807) is 18.2 Å². The van der Waals surface area contributed by atoms with E-state index in [4.69, 9.17) is 16.3 Å². The minimum atomic E-state index is -4.52. The number of hydrogen-bond acceptors (Lipinski definition) is 2. The lowest BCUT2D eigenvalue weighted by Crippen LogP contribution is -2.22. The van der Waals surface area contributed by atoms with Crippen LogP contribution < -0.4 is 0 Å². The van der Waals surface area contributed by atoms with Crippen molar-refractivity contribution in [3.05, 3.63) is 40.7 Å². The van der Waals surface area contributed by atoms with Crippen molar-refractivity contribution >= 4 is 19.7 Å². The van der Waals surface area contributed by atoms with E-state index in [9.17, 15) is 13.2 Å². The molecule has 0 fully saturated rings. The first-order valence-corrected chi connectivity index (χ1v) is 12.0. The van der Waals surface area contributed by atoms with Gasteiger partial charge in [-0.2, -0.15) is 13.2 Å². The molecule has 2 aromatic rings. The van der Waals surface area contributed by atoms with Crippen LogP contribution in [0.5, 0.6) is 0 Å². The van der Waals surface area contributed by atoms with Gasteiger partial charge in [0.2, 0.25) is 0 Å². The zero-order valence-electron chi connectivity index (χ0n) is 14.7. The van der Waals surface area contributed by atoms with Crippen LogP contribution in [0, 0.1) is 6.92 Å². The van der Waals surface area contributed by atoms with Crippen molar-refractivity contribution in [3.8, 4) is 11.4 Å². The van der Waals surface area contributed by atoms with Gasteiger partial charge in [-0.05, 0) is 30.7 Å². The lowest BCUT2D eigenvalue weighted by atomic mass is 10.1. The maximum absolute atomic E-state index is 13.1. The van der Waals surface area contributed by atoms with Crippen LogP contribution in [-0.4, -0.2) is 24.2 Å². The smallest absolute Gasteiger partial charge is 0.361 e. The van der Waals surface area contributed by atoms with E-state index in [1.165, 1.54) is 4.57 Å². The van der Waals surface area contributed by atoms with Gasteiger partial charge in [-0.3, -0.25) is 0 Å². The van der Waals surface area contributed by atoms with Crippen LogP contribution >= 0.6 is 11.6 Å². The Hall–Kier alpha value is -1.31. The molecule has 3 nitrogen and oxygen atoms in total. The molecule has 0 amide bonds. The van der Waals surface area contributed by atoms with Gasteiger partial charge < -0.3 is 9.30 Å². The van der Waals surface area contributed by atoms with Crippen molar-refractivity contribution in [2.45, 2.75) is 45.5 Å². The quantitative estimate of drug-likeness (QED) is 0.457. The number of rotatable bonds is 6. The standard InChI is InChI=1S/C17H22ClF3N2OSi/c1-12-5-6-13(14(18)9-12)16-22-15(17(19,20)21)10-23(16)11-24-7-8-25(2,3)4/h5-6,9-10H,7-8,11H2,1-4H3. The van der Waals surface area contributed by atoms with Crippen molar-refractivity contribution in [3.63, 3.8) is 0 Å². The van der Waals surface area contributed by atoms with Crippen LogP contribution in [0.4, 0.5) is 13.2 Å². The fraction of sp³-hybridized carbons (Fsp3) is 0.471. The molecule has 8 heteroatoms. The predicted octanol–water partition coefficient (Wildman–Crippen LogP) is 5.84. The van der Waals surface area contributed by atoms with E-state index in [1.807, 2.05) is 6.92 Å². The second-order valence-electron chi connectivity index (χ2n) is 7.25. The Bertz CT molecular complexity index is 738. The SMILES string of the molecule is Cc1ccc(-c2nc(C(F)(F)F)cn2COCC[Si](C)(C)C)c(Cl)c1. The fourth-order valence-electron chi connectivity index (χ4n) is 2.21. The molecule has 0 spiro atoms. The monoisotopic (exact) mass is 390 g/mol. The Morgan fingerprint density at radius 3 is 2.48 bits per heavy atom. The van der Waals surface area contributed by atoms with Crippen LogP contribution in [0.15, 0.2) is 24.4 Å². The molecule has 0 saturated heterocycles. The van der Waals surface area contributed by atoms with Crippen molar-refractivity contribution in [2.24, 2.45) is 0 Å². The van der Waals surface area contributed by atoms with Gasteiger partial charge in [0.1, 0.15) is 12.6 Å². The number of benzene rings is 1. The molecule has 0 bridgehead atoms. The topological polar surface area (TPSA) is 27.1 Å². The third-order valence-corrected chi connectivity index (χ3v) is 5.68. The normalized spacial score (nSPS) is 12.6. The number of aryl methyl sites for hydroxylation is 1. The molecular weight excluding hydrogens is 369 g/mol. The van der Waals surface area contributed by atoms with Crippen molar-refractivity contribution < 1.29 is 17.9 Å². The average Bonchev–Trinajstić information content (AvgIpc) is 2.86. The summed E-state index contributed by atoms with van der Waals surface area (Å²) in [5.41, 5.74) is 0.429. The van der Waals surface area contributed by atoms with Crippen LogP contribution in [0.3, 0.4) is 0 Å². The third-order valence-electron chi connectivity index (χ3n) is 3.66. The first-order chi connectivity index (χ1) is 11.5. The number of aromatic nitrogens is 2. The summed E-state index contributed by atoms with van der Waals surface area (Å²) in [5, 5.41) is 0.364. The Morgan fingerprint density at radius 1 is 1.24 bits per heavy atom. The van der Waals surface area contributed by atoms with Gasteiger partial charge in [-0.1, -0.05) is 37.3 Å². The number of imidazole rings is 1. The summed E-state index contributed by atoms with van der Waals surface area (Å²) in [4.78, 5) is 3.75. The minimum Gasteiger partial charge on any atom is -0.361 e. The maximum atomic E-state index is 13.1. The van der Waals surface area contributed by atoms with Crippen molar-refractivity contribution in [1.82, 2.24) is 9.55 Å². The molecule has 0 aliphatic carbocycles. The summed E-state index contributed by atoms with van der Waals surface area (Å²) in [7, 11) is -1.26. The molecule has 1 heterocycles. The first-order valence-electron chi connectivity index (χ1n) is 7.96. The molecule has 0 atom stereocenters. The fourth-order valence-corrected chi connectivity index (χ4v) is 3.28. The van der Waals surface area contributed by atoms with Crippen LogP contribution in [-0.2, 0) is 17.6 Å². The van der Waals surface area contributed by atoms with Crippen molar-refractivity contribution in [1.29, 1.82) is 0 Å². The second-order valence-corrected chi connectivity index (χ2v) is 13.3. The van der Waals surface area contributed by atoms with Crippen LogP contribution in [0.1, 0.15) is 11.3 Å². The van der Waals surface area contributed by atoms with E-state index >= 15 is 0 Å². The highest BCUT2D eigenvalue weighted by Gasteiger charge is 2.35. The molecule has 0 aliphatic rings. The first kappa shape index (κ1) is 20.0. The maximum Gasteiger partial charge on any atom is 0.434 e. The van der Waals surface area contributed by atoms with Gasteiger partial charge in [-0.25, -0.2) is 4.98 Å².